The lowest BCUT2D eigenvalue weighted by atomic mass is 10.0. The SMILES string of the molecule is CC1C(C(=O)O)CCN1C(=O)CCN1C(=O)CCc2ccccc21. The van der Waals surface area contributed by atoms with E-state index in [1.807, 2.05) is 24.3 Å². The normalized spacial score (nSPS) is 23.3. The van der Waals surface area contributed by atoms with Crippen LogP contribution < -0.4 is 4.90 Å². The topological polar surface area (TPSA) is 77.9 Å². The predicted molar refractivity (Wildman–Crippen MR) is 88.7 cm³/mol. The number of aliphatic carboxylic acids is 1. The van der Waals surface area contributed by atoms with E-state index in [9.17, 15) is 19.5 Å². The van der Waals surface area contributed by atoms with Crippen molar-refractivity contribution < 1.29 is 19.5 Å². The molecule has 0 spiro atoms. The Bertz CT molecular complexity index is 673. The first-order valence-electron chi connectivity index (χ1n) is 8.39. The summed E-state index contributed by atoms with van der Waals surface area (Å²) in [6.07, 6.45) is 1.92. The van der Waals surface area contributed by atoms with Gasteiger partial charge in [-0.15, -0.1) is 0 Å². The molecule has 0 radical (unpaired) electrons. The third-order valence-electron chi connectivity index (χ3n) is 5.13. The van der Waals surface area contributed by atoms with Crippen LogP contribution in [0.2, 0.25) is 0 Å². The number of carbonyl (C=O) groups is 3. The van der Waals surface area contributed by atoms with Gasteiger partial charge in [-0.3, -0.25) is 14.4 Å². The van der Waals surface area contributed by atoms with Crippen LogP contribution in [0.25, 0.3) is 0 Å². The number of rotatable bonds is 4. The van der Waals surface area contributed by atoms with Crippen LogP contribution in [0.15, 0.2) is 24.3 Å². The number of hydrogen-bond acceptors (Lipinski definition) is 3. The minimum absolute atomic E-state index is 0.0411. The molecule has 1 aromatic carbocycles. The Morgan fingerprint density at radius 3 is 2.71 bits per heavy atom. The Morgan fingerprint density at radius 2 is 2.00 bits per heavy atom. The van der Waals surface area contributed by atoms with Crippen molar-refractivity contribution in [3.05, 3.63) is 29.8 Å². The van der Waals surface area contributed by atoms with Crippen LogP contribution in [0.5, 0.6) is 0 Å². The van der Waals surface area contributed by atoms with E-state index in [-0.39, 0.29) is 24.3 Å². The predicted octanol–water partition coefficient (Wildman–Crippen LogP) is 1.68. The highest BCUT2D eigenvalue weighted by Crippen LogP contribution is 2.28. The van der Waals surface area contributed by atoms with Gasteiger partial charge in [-0.1, -0.05) is 18.2 Å². The molecule has 6 nitrogen and oxygen atoms in total. The fraction of sp³-hybridized carbons (Fsp3) is 0.500. The van der Waals surface area contributed by atoms with Crippen molar-refractivity contribution in [2.24, 2.45) is 5.92 Å². The number of carboxylic acid groups (broad SMARTS) is 1. The van der Waals surface area contributed by atoms with Crippen molar-refractivity contribution in [1.29, 1.82) is 0 Å². The molecule has 2 amide bonds. The number of nitrogens with zero attached hydrogens (tertiary/aromatic N) is 2. The number of fused-ring (bicyclic) bond motifs is 1. The summed E-state index contributed by atoms with van der Waals surface area (Å²) in [7, 11) is 0. The zero-order valence-electron chi connectivity index (χ0n) is 13.8. The van der Waals surface area contributed by atoms with Crippen LogP contribution in [-0.2, 0) is 20.8 Å². The number of para-hydroxylation sites is 1. The quantitative estimate of drug-likeness (QED) is 0.911. The number of likely N-dealkylation sites (tertiary alicyclic amines) is 1. The summed E-state index contributed by atoms with van der Waals surface area (Å²) < 4.78 is 0. The Hall–Kier alpha value is -2.37. The van der Waals surface area contributed by atoms with Gasteiger partial charge in [0.15, 0.2) is 0 Å². The smallest absolute Gasteiger partial charge is 0.308 e. The minimum atomic E-state index is -0.849. The maximum atomic E-state index is 12.5. The highest BCUT2D eigenvalue weighted by atomic mass is 16.4. The van der Waals surface area contributed by atoms with Gasteiger partial charge in [0, 0.05) is 37.7 Å². The Balaban J connectivity index is 1.65. The molecule has 0 bridgehead atoms. The average Bonchev–Trinajstić information content (AvgIpc) is 2.95. The van der Waals surface area contributed by atoms with Crippen molar-refractivity contribution in [1.82, 2.24) is 4.90 Å². The first-order chi connectivity index (χ1) is 11.5. The second-order valence-corrected chi connectivity index (χ2v) is 6.49. The van der Waals surface area contributed by atoms with Crippen LogP contribution in [-0.4, -0.2) is 46.9 Å². The molecule has 3 rings (SSSR count). The van der Waals surface area contributed by atoms with Gasteiger partial charge in [0.25, 0.3) is 0 Å². The number of amides is 2. The standard InChI is InChI=1S/C18H22N2O4/c1-12-14(18(23)24)8-10-19(12)17(22)9-11-20-15-5-3-2-4-13(15)6-7-16(20)21/h2-5,12,14H,6-11H2,1H3,(H,23,24). The molecule has 1 aromatic rings. The van der Waals surface area contributed by atoms with Crippen LogP contribution >= 0.6 is 0 Å². The molecule has 2 heterocycles. The number of benzene rings is 1. The number of hydrogen-bond donors (Lipinski definition) is 1. The molecule has 24 heavy (non-hydrogen) atoms. The summed E-state index contributed by atoms with van der Waals surface area (Å²) in [5.41, 5.74) is 2.02. The van der Waals surface area contributed by atoms with Gasteiger partial charge < -0.3 is 14.9 Å². The number of anilines is 1. The average molecular weight is 330 g/mol. The lowest BCUT2D eigenvalue weighted by Crippen LogP contribution is -2.41. The lowest BCUT2D eigenvalue weighted by Gasteiger charge is -2.30. The van der Waals surface area contributed by atoms with Gasteiger partial charge in [0.1, 0.15) is 0 Å². The van der Waals surface area contributed by atoms with Gasteiger partial charge in [-0.2, -0.15) is 0 Å². The molecule has 0 aliphatic carbocycles. The van der Waals surface area contributed by atoms with Crippen molar-refractivity contribution in [3.8, 4) is 0 Å². The summed E-state index contributed by atoms with van der Waals surface area (Å²) in [5.74, 6) is -1.38. The molecule has 2 aliphatic heterocycles. The van der Waals surface area contributed by atoms with Gasteiger partial charge >= 0.3 is 5.97 Å². The molecule has 2 atom stereocenters. The second-order valence-electron chi connectivity index (χ2n) is 6.49. The monoisotopic (exact) mass is 330 g/mol. The number of carboxylic acids is 1. The zero-order valence-corrected chi connectivity index (χ0v) is 13.8. The van der Waals surface area contributed by atoms with E-state index in [2.05, 4.69) is 0 Å². The van der Waals surface area contributed by atoms with Gasteiger partial charge in [0.2, 0.25) is 11.8 Å². The van der Waals surface area contributed by atoms with Gasteiger partial charge in [-0.25, -0.2) is 0 Å². The van der Waals surface area contributed by atoms with E-state index in [1.165, 1.54) is 0 Å². The van der Waals surface area contributed by atoms with Gasteiger partial charge in [0.05, 0.1) is 5.92 Å². The molecule has 1 saturated heterocycles. The highest BCUT2D eigenvalue weighted by molar-refractivity contribution is 5.97. The zero-order chi connectivity index (χ0) is 17.3. The molecule has 6 heteroatoms. The Kier molecular flexibility index (Phi) is 4.55. The molecule has 1 N–H and O–H groups in total. The molecule has 0 saturated carbocycles. The van der Waals surface area contributed by atoms with Crippen LogP contribution in [0.3, 0.4) is 0 Å². The van der Waals surface area contributed by atoms with Crippen molar-refractivity contribution >= 4 is 23.5 Å². The molecule has 2 unspecified atom stereocenters. The van der Waals surface area contributed by atoms with E-state index >= 15 is 0 Å². The molecule has 1 fully saturated rings. The largest absolute Gasteiger partial charge is 0.481 e. The van der Waals surface area contributed by atoms with E-state index < -0.39 is 11.9 Å². The third-order valence-corrected chi connectivity index (χ3v) is 5.13. The molecule has 2 aliphatic rings. The number of carbonyl (C=O) groups excluding carboxylic acids is 2. The summed E-state index contributed by atoms with van der Waals surface area (Å²) in [5, 5.41) is 9.17. The van der Waals surface area contributed by atoms with Crippen molar-refractivity contribution in [2.45, 2.75) is 38.6 Å². The summed E-state index contributed by atoms with van der Waals surface area (Å²) in [4.78, 5) is 39.2. The summed E-state index contributed by atoms with van der Waals surface area (Å²) in [6.45, 7) is 2.60. The van der Waals surface area contributed by atoms with Crippen molar-refractivity contribution in [2.75, 3.05) is 18.0 Å². The fourth-order valence-electron chi connectivity index (χ4n) is 3.71. The number of aryl methyl sites for hydroxylation is 1. The minimum Gasteiger partial charge on any atom is -0.481 e. The Labute approximate surface area is 141 Å². The Morgan fingerprint density at radius 1 is 1.25 bits per heavy atom. The second kappa shape index (κ2) is 6.63. The summed E-state index contributed by atoms with van der Waals surface area (Å²) in [6, 6.07) is 7.48. The third kappa shape index (κ3) is 3.00. The molecular formula is C18H22N2O4. The van der Waals surface area contributed by atoms with E-state index in [0.717, 1.165) is 17.7 Å². The van der Waals surface area contributed by atoms with Crippen LogP contribution in [0.4, 0.5) is 5.69 Å². The maximum absolute atomic E-state index is 12.5. The van der Waals surface area contributed by atoms with E-state index in [0.29, 0.717) is 25.9 Å². The summed E-state index contributed by atoms with van der Waals surface area (Å²) >= 11 is 0. The van der Waals surface area contributed by atoms with Gasteiger partial charge in [-0.05, 0) is 31.4 Å². The first kappa shape index (κ1) is 16.5. The van der Waals surface area contributed by atoms with Crippen LogP contribution in [0, 0.1) is 5.92 Å². The molecule has 0 aromatic heterocycles. The fourth-order valence-corrected chi connectivity index (χ4v) is 3.71. The maximum Gasteiger partial charge on any atom is 0.308 e. The van der Waals surface area contributed by atoms with E-state index in [1.54, 1.807) is 16.7 Å². The highest BCUT2D eigenvalue weighted by Gasteiger charge is 2.38. The lowest BCUT2D eigenvalue weighted by molar-refractivity contribution is -0.143. The molecule has 128 valence electrons. The first-order valence-corrected chi connectivity index (χ1v) is 8.39. The van der Waals surface area contributed by atoms with E-state index in [4.69, 9.17) is 0 Å². The van der Waals surface area contributed by atoms with Crippen LogP contribution in [0.1, 0.15) is 31.7 Å². The molecular weight excluding hydrogens is 308 g/mol. The van der Waals surface area contributed by atoms with Crippen molar-refractivity contribution in [3.63, 3.8) is 0 Å².